The third kappa shape index (κ3) is 4.15. The second kappa shape index (κ2) is 6.86. The van der Waals surface area contributed by atoms with Crippen LogP contribution >= 0.6 is 0 Å². The zero-order valence-electron chi connectivity index (χ0n) is 12.6. The molecule has 2 unspecified atom stereocenters. The van der Waals surface area contributed by atoms with E-state index in [0.717, 1.165) is 6.42 Å². The number of nitro groups is 1. The maximum Gasteiger partial charge on any atom is 0.291 e. The summed E-state index contributed by atoms with van der Waals surface area (Å²) in [6.45, 7) is 5.63. The van der Waals surface area contributed by atoms with Crippen LogP contribution in [0, 0.1) is 16.0 Å². The van der Waals surface area contributed by atoms with Crippen molar-refractivity contribution in [3.63, 3.8) is 0 Å². The van der Waals surface area contributed by atoms with Gasteiger partial charge in [-0.3, -0.25) is 10.1 Å². The Morgan fingerprint density at radius 1 is 1.33 bits per heavy atom. The van der Waals surface area contributed by atoms with E-state index in [1.165, 1.54) is 18.2 Å². The standard InChI is InChI=1S/C13H21N3O4S/c1-5-9(2)10(3)15-21(19,20)13-7-6-11(14-4)8-12(13)16(17)18/h6-10,14-15H,5H2,1-4H3. The summed E-state index contributed by atoms with van der Waals surface area (Å²) < 4.78 is 27.2. The fourth-order valence-corrected chi connectivity index (χ4v) is 3.33. The van der Waals surface area contributed by atoms with Crippen LogP contribution in [0.4, 0.5) is 11.4 Å². The average molecular weight is 315 g/mol. The van der Waals surface area contributed by atoms with E-state index in [2.05, 4.69) is 10.0 Å². The normalized spacial score (nSPS) is 14.5. The lowest BCUT2D eigenvalue weighted by molar-refractivity contribution is -0.387. The van der Waals surface area contributed by atoms with E-state index in [9.17, 15) is 18.5 Å². The maximum absolute atomic E-state index is 12.4. The van der Waals surface area contributed by atoms with Crippen LogP contribution in [0.25, 0.3) is 0 Å². The smallest absolute Gasteiger partial charge is 0.291 e. The van der Waals surface area contributed by atoms with Crippen LogP contribution in [-0.2, 0) is 10.0 Å². The number of nitrogens with zero attached hydrogens (tertiary/aromatic N) is 1. The zero-order chi connectivity index (χ0) is 16.2. The van der Waals surface area contributed by atoms with Crippen LogP contribution in [0.5, 0.6) is 0 Å². The van der Waals surface area contributed by atoms with Crippen molar-refractivity contribution in [3.8, 4) is 0 Å². The largest absolute Gasteiger partial charge is 0.388 e. The minimum absolute atomic E-state index is 0.135. The number of benzene rings is 1. The first-order valence-corrected chi connectivity index (χ1v) is 8.19. The quantitative estimate of drug-likeness (QED) is 0.594. The zero-order valence-corrected chi connectivity index (χ0v) is 13.4. The van der Waals surface area contributed by atoms with E-state index in [1.807, 2.05) is 13.8 Å². The van der Waals surface area contributed by atoms with E-state index >= 15 is 0 Å². The highest BCUT2D eigenvalue weighted by atomic mass is 32.2. The van der Waals surface area contributed by atoms with Crippen LogP contribution in [0.1, 0.15) is 27.2 Å². The Hall–Kier alpha value is -1.67. The highest BCUT2D eigenvalue weighted by Crippen LogP contribution is 2.27. The van der Waals surface area contributed by atoms with Gasteiger partial charge in [0, 0.05) is 24.8 Å². The molecule has 0 heterocycles. The molecule has 0 amide bonds. The van der Waals surface area contributed by atoms with Crippen LogP contribution in [0.3, 0.4) is 0 Å². The fraction of sp³-hybridized carbons (Fsp3) is 0.538. The van der Waals surface area contributed by atoms with Gasteiger partial charge >= 0.3 is 0 Å². The summed E-state index contributed by atoms with van der Waals surface area (Å²) in [7, 11) is -2.33. The summed E-state index contributed by atoms with van der Waals surface area (Å²) in [5.41, 5.74) is 0.0429. The molecule has 0 aliphatic rings. The molecule has 0 aliphatic heterocycles. The SMILES string of the molecule is CCC(C)C(C)NS(=O)(=O)c1ccc(NC)cc1[N+](=O)[O-]. The Kier molecular flexibility index (Phi) is 5.68. The molecular formula is C13H21N3O4S. The number of nitro benzene ring substituents is 1. The van der Waals surface area contributed by atoms with Gasteiger partial charge in [0.1, 0.15) is 0 Å². The number of anilines is 1. The fourth-order valence-electron chi connectivity index (χ4n) is 1.82. The summed E-state index contributed by atoms with van der Waals surface area (Å²) in [5.74, 6) is 0.135. The average Bonchev–Trinajstić information content (AvgIpc) is 2.44. The van der Waals surface area contributed by atoms with Crippen molar-refractivity contribution in [1.29, 1.82) is 0 Å². The third-order valence-electron chi connectivity index (χ3n) is 3.57. The minimum atomic E-state index is -3.93. The summed E-state index contributed by atoms with van der Waals surface area (Å²) in [6.07, 6.45) is 0.810. The predicted octanol–water partition coefficient (Wildman–Crippen LogP) is 2.35. The molecule has 0 saturated carbocycles. The van der Waals surface area contributed by atoms with Gasteiger partial charge in [-0.05, 0) is 25.0 Å². The molecule has 2 atom stereocenters. The van der Waals surface area contributed by atoms with Crippen LogP contribution < -0.4 is 10.0 Å². The number of sulfonamides is 1. The van der Waals surface area contributed by atoms with Crippen molar-refractivity contribution in [2.45, 2.75) is 38.1 Å². The Bertz CT molecular complexity index is 616. The molecule has 1 rings (SSSR count). The lowest BCUT2D eigenvalue weighted by Crippen LogP contribution is -2.37. The molecule has 7 nitrogen and oxygen atoms in total. The summed E-state index contributed by atoms with van der Waals surface area (Å²) in [6, 6.07) is 3.65. The topological polar surface area (TPSA) is 101 Å². The molecule has 1 aromatic rings. The monoisotopic (exact) mass is 315 g/mol. The molecule has 0 spiro atoms. The number of rotatable bonds is 7. The Balaban J connectivity index is 3.22. The third-order valence-corrected chi connectivity index (χ3v) is 5.18. The first-order valence-electron chi connectivity index (χ1n) is 6.71. The molecule has 2 N–H and O–H groups in total. The van der Waals surface area contributed by atoms with E-state index in [4.69, 9.17) is 0 Å². The molecule has 21 heavy (non-hydrogen) atoms. The highest BCUT2D eigenvalue weighted by Gasteiger charge is 2.28. The van der Waals surface area contributed by atoms with Gasteiger partial charge in [0.2, 0.25) is 10.0 Å². The molecule has 118 valence electrons. The summed E-state index contributed by atoms with van der Waals surface area (Å²) >= 11 is 0. The van der Waals surface area contributed by atoms with Crippen molar-refractivity contribution in [2.24, 2.45) is 5.92 Å². The lowest BCUT2D eigenvalue weighted by atomic mass is 10.0. The van der Waals surface area contributed by atoms with E-state index < -0.39 is 20.6 Å². The van der Waals surface area contributed by atoms with Crippen LogP contribution in [-0.4, -0.2) is 26.4 Å². The van der Waals surface area contributed by atoms with Gasteiger partial charge in [0.05, 0.1) is 4.92 Å². The van der Waals surface area contributed by atoms with E-state index in [0.29, 0.717) is 5.69 Å². The van der Waals surface area contributed by atoms with Crippen LogP contribution in [0.15, 0.2) is 23.1 Å². The second-order valence-corrected chi connectivity index (χ2v) is 6.67. The second-order valence-electron chi connectivity index (χ2n) is 4.99. The molecule has 0 bridgehead atoms. The van der Waals surface area contributed by atoms with Gasteiger partial charge in [-0.25, -0.2) is 13.1 Å². The minimum Gasteiger partial charge on any atom is -0.388 e. The van der Waals surface area contributed by atoms with Gasteiger partial charge in [-0.1, -0.05) is 20.3 Å². The predicted molar refractivity (Wildman–Crippen MR) is 81.9 cm³/mol. The van der Waals surface area contributed by atoms with E-state index in [-0.39, 0.29) is 16.9 Å². The molecule has 0 saturated heterocycles. The first kappa shape index (κ1) is 17.4. The molecule has 0 aromatic heterocycles. The van der Waals surface area contributed by atoms with Gasteiger partial charge in [-0.2, -0.15) is 0 Å². The van der Waals surface area contributed by atoms with Gasteiger partial charge in [0.25, 0.3) is 5.69 Å². The molecule has 0 fully saturated rings. The number of hydrogen-bond donors (Lipinski definition) is 2. The van der Waals surface area contributed by atoms with Crippen molar-refractivity contribution < 1.29 is 13.3 Å². The molecule has 0 radical (unpaired) electrons. The van der Waals surface area contributed by atoms with E-state index in [1.54, 1.807) is 14.0 Å². The van der Waals surface area contributed by atoms with Crippen molar-refractivity contribution in [2.75, 3.05) is 12.4 Å². The first-order chi connectivity index (χ1) is 9.72. The van der Waals surface area contributed by atoms with Gasteiger partial charge < -0.3 is 5.32 Å². The Labute approximate surface area is 124 Å². The van der Waals surface area contributed by atoms with Gasteiger partial charge in [-0.15, -0.1) is 0 Å². The molecule has 8 heteroatoms. The van der Waals surface area contributed by atoms with Crippen molar-refractivity contribution >= 4 is 21.4 Å². The summed E-state index contributed by atoms with van der Waals surface area (Å²) in [4.78, 5) is 10.1. The number of hydrogen-bond acceptors (Lipinski definition) is 5. The lowest BCUT2D eigenvalue weighted by Gasteiger charge is -2.19. The van der Waals surface area contributed by atoms with Crippen molar-refractivity contribution in [1.82, 2.24) is 4.72 Å². The Morgan fingerprint density at radius 3 is 2.43 bits per heavy atom. The van der Waals surface area contributed by atoms with Crippen LogP contribution in [0.2, 0.25) is 0 Å². The van der Waals surface area contributed by atoms with Gasteiger partial charge in [0.15, 0.2) is 4.90 Å². The highest BCUT2D eigenvalue weighted by molar-refractivity contribution is 7.89. The Morgan fingerprint density at radius 2 is 1.95 bits per heavy atom. The maximum atomic E-state index is 12.4. The summed E-state index contributed by atoms with van der Waals surface area (Å²) in [5, 5.41) is 13.8. The molecule has 0 aliphatic carbocycles. The number of nitrogens with one attached hydrogen (secondary N) is 2. The molecule has 1 aromatic carbocycles. The molecular weight excluding hydrogens is 294 g/mol. The van der Waals surface area contributed by atoms with Crippen molar-refractivity contribution in [3.05, 3.63) is 28.3 Å².